The van der Waals surface area contributed by atoms with E-state index in [0.29, 0.717) is 12.5 Å². The number of aliphatic carboxylic acids is 1. The van der Waals surface area contributed by atoms with E-state index in [9.17, 15) is 18.0 Å². The van der Waals surface area contributed by atoms with Crippen LogP contribution in [0.4, 0.5) is 19.0 Å². The predicted octanol–water partition coefficient (Wildman–Crippen LogP) is 2.66. The lowest BCUT2D eigenvalue weighted by Crippen LogP contribution is -2.38. The van der Waals surface area contributed by atoms with E-state index in [2.05, 4.69) is 4.98 Å². The largest absolute Gasteiger partial charge is 0.480 e. The zero-order chi connectivity index (χ0) is 16.2. The Morgan fingerprint density at radius 1 is 1.52 bits per heavy atom. The summed E-state index contributed by atoms with van der Waals surface area (Å²) in [5.41, 5.74) is -1.25. The van der Waals surface area contributed by atoms with Crippen LogP contribution >= 0.6 is 0 Å². The average molecular weight is 301 g/mol. The molecule has 0 amide bonds. The summed E-state index contributed by atoms with van der Waals surface area (Å²) < 4.78 is 38.2. The molecule has 5 nitrogen and oxygen atoms in total. The summed E-state index contributed by atoms with van der Waals surface area (Å²) in [6.07, 6.45) is -4.16. The van der Waals surface area contributed by atoms with Crippen molar-refractivity contribution in [2.75, 3.05) is 11.4 Å². The smallest absolute Gasteiger partial charge is 0.433 e. The fraction of sp³-hybridized carbons (Fsp3) is 0.462. The van der Waals surface area contributed by atoms with Gasteiger partial charge in [0.2, 0.25) is 0 Å². The van der Waals surface area contributed by atoms with Gasteiger partial charge in [0.1, 0.15) is 24.1 Å². The Morgan fingerprint density at radius 3 is 2.57 bits per heavy atom. The lowest BCUT2D eigenvalue weighted by molar-refractivity contribution is -0.141. The van der Waals surface area contributed by atoms with Gasteiger partial charge in [-0.05, 0) is 25.5 Å². The van der Waals surface area contributed by atoms with Gasteiger partial charge in [-0.1, -0.05) is 6.92 Å². The Kier molecular flexibility index (Phi) is 5.13. The molecular weight excluding hydrogens is 287 g/mol. The monoisotopic (exact) mass is 301 g/mol. The molecule has 114 valence electrons. The molecule has 1 heterocycles. The van der Waals surface area contributed by atoms with Gasteiger partial charge in [0.15, 0.2) is 0 Å². The first-order valence-electron chi connectivity index (χ1n) is 6.17. The lowest BCUT2D eigenvalue weighted by atomic mass is 10.1. The van der Waals surface area contributed by atoms with Crippen molar-refractivity contribution in [3.63, 3.8) is 0 Å². The Morgan fingerprint density at radius 2 is 2.14 bits per heavy atom. The fourth-order valence-corrected chi connectivity index (χ4v) is 1.72. The molecule has 0 aliphatic rings. The van der Waals surface area contributed by atoms with Gasteiger partial charge in [0, 0.05) is 6.04 Å². The van der Waals surface area contributed by atoms with Crippen LogP contribution < -0.4 is 4.90 Å². The zero-order valence-electron chi connectivity index (χ0n) is 11.5. The van der Waals surface area contributed by atoms with E-state index in [1.54, 1.807) is 19.9 Å². The van der Waals surface area contributed by atoms with Crippen LogP contribution in [0.5, 0.6) is 0 Å². The maximum atomic E-state index is 12.7. The van der Waals surface area contributed by atoms with Crippen molar-refractivity contribution in [1.29, 1.82) is 5.26 Å². The molecule has 0 aliphatic heterocycles. The quantitative estimate of drug-likeness (QED) is 0.904. The van der Waals surface area contributed by atoms with Crippen LogP contribution in [-0.2, 0) is 11.0 Å². The second-order valence-corrected chi connectivity index (χ2v) is 4.46. The third-order valence-corrected chi connectivity index (χ3v) is 2.99. The molecule has 0 spiro atoms. The molecule has 0 bridgehead atoms. The van der Waals surface area contributed by atoms with Crippen molar-refractivity contribution in [2.45, 2.75) is 32.5 Å². The second-order valence-electron chi connectivity index (χ2n) is 4.46. The van der Waals surface area contributed by atoms with Gasteiger partial charge in [0.25, 0.3) is 0 Å². The number of rotatable bonds is 5. The Hall–Kier alpha value is -2.30. The molecule has 0 radical (unpaired) electrons. The molecule has 1 rings (SSSR count). The van der Waals surface area contributed by atoms with E-state index in [-0.39, 0.29) is 17.4 Å². The zero-order valence-corrected chi connectivity index (χ0v) is 11.5. The van der Waals surface area contributed by atoms with E-state index >= 15 is 0 Å². The first-order chi connectivity index (χ1) is 9.70. The summed E-state index contributed by atoms with van der Waals surface area (Å²) in [5.74, 6) is -1.47. The molecule has 1 unspecified atom stereocenters. The van der Waals surface area contributed by atoms with Crippen LogP contribution in [0.1, 0.15) is 31.5 Å². The molecule has 21 heavy (non-hydrogen) atoms. The SMILES string of the molecule is CCC(C)N(CC(=O)O)c1nc(C(F)(F)F)ccc1C#N. The van der Waals surface area contributed by atoms with E-state index in [4.69, 9.17) is 10.4 Å². The number of alkyl halides is 3. The lowest BCUT2D eigenvalue weighted by Gasteiger charge is -2.29. The maximum Gasteiger partial charge on any atom is 0.433 e. The number of aromatic nitrogens is 1. The van der Waals surface area contributed by atoms with Gasteiger partial charge in [-0.3, -0.25) is 4.79 Å². The molecule has 0 aromatic carbocycles. The highest BCUT2D eigenvalue weighted by molar-refractivity contribution is 5.74. The highest BCUT2D eigenvalue weighted by Crippen LogP contribution is 2.31. The Labute approximate surface area is 119 Å². The number of carbonyl (C=O) groups is 1. The highest BCUT2D eigenvalue weighted by atomic mass is 19.4. The Bertz CT molecular complexity index is 567. The van der Waals surface area contributed by atoms with Crippen molar-refractivity contribution >= 4 is 11.8 Å². The number of nitriles is 1. The highest BCUT2D eigenvalue weighted by Gasteiger charge is 2.34. The van der Waals surface area contributed by atoms with Crippen LogP contribution in [0.25, 0.3) is 0 Å². The number of hydrogen-bond donors (Lipinski definition) is 1. The minimum absolute atomic E-state index is 0.0930. The number of carboxylic acid groups (broad SMARTS) is 1. The molecule has 0 saturated carbocycles. The molecule has 0 fully saturated rings. The van der Waals surface area contributed by atoms with Crippen molar-refractivity contribution in [2.24, 2.45) is 0 Å². The molecule has 0 aliphatic carbocycles. The molecule has 0 saturated heterocycles. The van der Waals surface area contributed by atoms with E-state index < -0.39 is 24.4 Å². The van der Waals surface area contributed by atoms with E-state index in [0.717, 1.165) is 6.07 Å². The van der Waals surface area contributed by atoms with Crippen LogP contribution in [0.3, 0.4) is 0 Å². The molecule has 1 atom stereocenters. The van der Waals surface area contributed by atoms with Crippen LogP contribution in [-0.4, -0.2) is 28.6 Å². The molecular formula is C13H14F3N3O2. The number of nitrogens with zero attached hydrogens (tertiary/aromatic N) is 3. The summed E-state index contributed by atoms with van der Waals surface area (Å²) in [7, 11) is 0. The van der Waals surface area contributed by atoms with Gasteiger partial charge >= 0.3 is 12.1 Å². The van der Waals surface area contributed by atoms with Gasteiger partial charge < -0.3 is 10.0 Å². The second kappa shape index (κ2) is 6.43. The maximum absolute atomic E-state index is 12.7. The number of carboxylic acids is 1. The van der Waals surface area contributed by atoms with Crippen molar-refractivity contribution in [1.82, 2.24) is 4.98 Å². The van der Waals surface area contributed by atoms with Crippen molar-refractivity contribution in [3.05, 3.63) is 23.4 Å². The number of hydrogen-bond acceptors (Lipinski definition) is 4. The van der Waals surface area contributed by atoms with E-state index in [1.807, 2.05) is 0 Å². The van der Waals surface area contributed by atoms with Crippen molar-refractivity contribution in [3.8, 4) is 6.07 Å². The third-order valence-electron chi connectivity index (χ3n) is 2.99. The normalized spacial score (nSPS) is 12.6. The molecule has 1 N–H and O–H groups in total. The van der Waals surface area contributed by atoms with Gasteiger partial charge in [0.05, 0.1) is 5.56 Å². The molecule has 8 heteroatoms. The summed E-state index contributed by atoms with van der Waals surface area (Å²) >= 11 is 0. The Balaban J connectivity index is 3.40. The van der Waals surface area contributed by atoms with E-state index in [1.165, 1.54) is 4.90 Å². The predicted molar refractivity (Wildman–Crippen MR) is 68.7 cm³/mol. The number of anilines is 1. The first kappa shape index (κ1) is 16.8. The average Bonchev–Trinajstić information content (AvgIpc) is 2.42. The third kappa shape index (κ3) is 4.08. The topological polar surface area (TPSA) is 77.2 Å². The minimum atomic E-state index is -4.66. The minimum Gasteiger partial charge on any atom is -0.480 e. The van der Waals surface area contributed by atoms with Gasteiger partial charge in [-0.15, -0.1) is 0 Å². The fourth-order valence-electron chi connectivity index (χ4n) is 1.72. The summed E-state index contributed by atoms with van der Waals surface area (Å²) in [6.45, 7) is 2.89. The number of pyridine rings is 1. The van der Waals surface area contributed by atoms with Crippen molar-refractivity contribution < 1.29 is 23.1 Å². The summed E-state index contributed by atoms with van der Waals surface area (Å²) in [4.78, 5) is 15.6. The molecule has 1 aromatic rings. The van der Waals surface area contributed by atoms with Crippen LogP contribution in [0.15, 0.2) is 12.1 Å². The van der Waals surface area contributed by atoms with Crippen LogP contribution in [0, 0.1) is 11.3 Å². The summed E-state index contributed by atoms with van der Waals surface area (Å²) in [6, 6.07) is 3.08. The number of halogens is 3. The van der Waals surface area contributed by atoms with Crippen LogP contribution in [0.2, 0.25) is 0 Å². The standard InChI is InChI=1S/C13H14F3N3O2/c1-3-8(2)19(7-11(20)21)12-9(6-17)4-5-10(18-12)13(14,15)16/h4-5,8H,3,7H2,1-2H3,(H,20,21). The first-order valence-corrected chi connectivity index (χ1v) is 6.17. The molecule has 1 aromatic heterocycles. The summed E-state index contributed by atoms with van der Waals surface area (Å²) in [5, 5.41) is 17.9. The van der Waals surface area contributed by atoms with Gasteiger partial charge in [-0.25, -0.2) is 4.98 Å². The van der Waals surface area contributed by atoms with Gasteiger partial charge in [-0.2, -0.15) is 18.4 Å².